The van der Waals surface area contributed by atoms with E-state index in [0.717, 1.165) is 13.2 Å². The Morgan fingerprint density at radius 2 is 1.17 bits per heavy atom. The van der Waals surface area contributed by atoms with Gasteiger partial charge in [0.2, 0.25) is 0 Å². The van der Waals surface area contributed by atoms with Crippen molar-refractivity contribution in [1.29, 1.82) is 0 Å². The molecule has 0 bridgehead atoms. The van der Waals surface area contributed by atoms with Gasteiger partial charge in [-0.1, -0.05) is 39.5 Å². The van der Waals surface area contributed by atoms with Gasteiger partial charge in [-0.2, -0.15) is 0 Å². The lowest BCUT2D eigenvalue weighted by Crippen LogP contribution is -2.19. The molecule has 138 valence electrons. The summed E-state index contributed by atoms with van der Waals surface area (Å²) < 4.78 is 21.5. The zero-order valence-electron chi connectivity index (χ0n) is 16.0. The van der Waals surface area contributed by atoms with E-state index in [0.29, 0.717) is 52.2 Å². The standard InChI is InChI=1S/C16H31NO4.C2H6/c1-16(2)6-5-8-18-10-12-20-14-15-21-13-11-19-9-7-17(3)4;1-2/h16H,7-15H2,1-4H3;1-2H3. The molecule has 23 heavy (non-hydrogen) atoms. The number of likely N-dealkylation sites (N-methyl/N-ethyl adjacent to an activating group) is 1. The van der Waals surface area contributed by atoms with Crippen molar-refractivity contribution in [3.05, 3.63) is 0 Å². The van der Waals surface area contributed by atoms with Gasteiger partial charge in [0.25, 0.3) is 0 Å². The molecule has 0 aromatic heterocycles. The van der Waals surface area contributed by atoms with Crippen LogP contribution in [-0.2, 0) is 18.9 Å². The summed E-state index contributed by atoms with van der Waals surface area (Å²) in [6.45, 7) is 13.8. The van der Waals surface area contributed by atoms with Crippen molar-refractivity contribution in [2.45, 2.75) is 27.7 Å². The molecule has 0 aliphatic carbocycles. The molecule has 0 aliphatic heterocycles. The van der Waals surface area contributed by atoms with Crippen LogP contribution in [0.25, 0.3) is 0 Å². The number of hydrogen-bond donors (Lipinski definition) is 0. The molecule has 0 radical (unpaired) electrons. The lowest BCUT2D eigenvalue weighted by Gasteiger charge is -2.10. The van der Waals surface area contributed by atoms with Gasteiger partial charge in [0, 0.05) is 12.5 Å². The van der Waals surface area contributed by atoms with Crippen LogP contribution in [0.3, 0.4) is 0 Å². The van der Waals surface area contributed by atoms with E-state index in [9.17, 15) is 0 Å². The molecule has 0 spiro atoms. The zero-order valence-corrected chi connectivity index (χ0v) is 16.0. The van der Waals surface area contributed by atoms with E-state index >= 15 is 0 Å². The highest BCUT2D eigenvalue weighted by Gasteiger charge is 1.93. The number of nitrogens with zero attached hydrogens (tertiary/aromatic N) is 1. The third kappa shape index (κ3) is 26.6. The molecule has 0 aromatic rings. The maximum Gasteiger partial charge on any atom is 0.107 e. The molecule has 0 saturated carbocycles. The van der Waals surface area contributed by atoms with Crippen LogP contribution in [0.2, 0.25) is 0 Å². The molecule has 0 aliphatic rings. The first-order valence-electron chi connectivity index (χ1n) is 8.57. The molecular formula is C18H37NO4. The molecule has 0 unspecified atom stereocenters. The van der Waals surface area contributed by atoms with Gasteiger partial charge in [-0.3, -0.25) is 0 Å². The third-order valence-electron chi connectivity index (χ3n) is 2.36. The smallest absolute Gasteiger partial charge is 0.107 e. The summed E-state index contributed by atoms with van der Waals surface area (Å²) in [4.78, 5) is 2.09. The van der Waals surface area contributed by atoms with Crippen LogP contribution in [-0.4, -0.2) is 78.4 Å². The van der Waals surface area contributed by atoms with Gasteiger partial charge in [0.15, 0.2) is 0 Å². The van der Waals surface area contributed by atoms with Crippen LogP contribution in [0.5, 0.6) is 0 Å². The topological polar surface area (TPSA) is 40.2 Å². The summed E-state index contributed by atoms with van der Waals surface area (Å²) in [5.41, 5.74) is 0. The molecule has 0 aromatic carbocycles. The molecule has 5 heteroatoms. The zero-order chi connectivity index (χ0) is 17.8. The average Bonchev–Trinajstić information content (AvgIpc) is 2.52. The summed E-state index contributed by atoms with van der Waals surface area (Å²) in [6.07, 6.45) is 0. The van der Waals surface area contributed by atoms with E-state index in [1.807, 2.05) is 27.9 Å². The molecule has 0 atom stereocenters. The predicted molar refractivity (Wildman–Crippen MR) is 95.8 cm³/mol. The van der Waals surface area contributed by atoms with Crippen LogP contribution in [0, 0.1) is 17.8 Å². The van der Waals surface area contributed by atoms with Crippen LogP contribution in [0.15, 0.2) is 0 Å². The summed E-state index contributed by atoms with van der Waals surface area (Å²) in [5, 5.41) is 0. The summed E-state index contributed by atoms with van der Waals surface area (Å²) in [5.74, 6) is 6.40. The van der Waals surface area contributed by atoms with Crippen molar-refractivity contribution in [3.63, 3.8) is 0 Å². The van der Waals surface area contributed by atoms with Crippen molar-refractivity contribution in [3.8, 4) is 11.8 Å². The van der Waals surface area contributed by atoms with Crippen LogP contribution in [0.4, 0.5) is 0 Å². The average molecular weight is 331 g/mol. The van der Waals surface area contributed by atoms with Crippen molar-refractivity contribution in [2.75, 3.05) is 73.5 Å². The first kappa shape index (κ1) is 24.6. The molecule has 0 N–H and O–H groups in total. The minimum atomic E-state index is 0.397. The fraction of sp³-hybridized carbons (Fsp3) is 0.889. The van der Waals surface area contributed by atoms with Crippen molar-refractivity contribution in [2.24, 2.45) is 5.92 Å². The minimum absolute atomic E-state index is 0.397. The van der Waals surface area contributed by atoms with Crippen LogP contribution >= 0.6 is 0 Å². The highest BCUT2D eigenvalue weighted by Crippen LogP contribution is 1.86. The quantitative estimate of drug-likeness (QED) is 0.382. The number of hydrogen-bond acceptors (Lipinski definition) is 5. The van der Waals surface area contributed by atoms with Gasteiger partial charge in [-0.05, 0) is 14.1 Å². The second-order valence-electron chi connectivity index (χ2n) is 5.17. The van der Waals surface area contributed by atoms with E-state index in [-0.39, 0.29) is 0 Å². The highest BCUT2D eigenvalue weighted by molar-refractivity contribution is 5.01. The summed E-state index contributed by atoms with van der Waals surface area (Å²) >= 11 is 0. The van der Waals surface area contributed by atoms with Crippen molar-refractivity contribution >= 4 is 0 Å². The lowest BCUT2D eigenvalue weighted by atomic mass is 10.2. The largest absolute Gasteiger partial charge is 0.378 e. The van der Waals surface area contributed by atoms with Gasteiger partial charge in [0.05, 0.1) is 46.2 Å². The van der Waals surface area contributed by atoms with Crippen molar-refractivity contribution in [1.82, 2.24) is 4.90 Å². The van der Waals surface area contributed by atoms with E-state index in [4.69, 9.17) is 18.9 Å². The monoisotopic (exact) mass is 331 g/mol. The van der Waals surface area contributed by atoms with E-state index in [1.165, 1.54) is 0 Å². The first-order chi connectivity index (χ1) is 11.1. The van der Waals surface area contributed by atoms with Gasteiger partial charge < -0.3 is 23.8 Å². The minimum Gasteiger partial charge on any atom is -0.378 e. The molecule has 5 nitrogen and oxygen atoms in total. The lowest BCUT2D eigenvalue weighted by molar-refractivity contribution is 0.00000530. The van der Waals surface area contributed by atoms with Gasteiger partial charge in [0.1, 0.15) is 6.61 Å². The SMILES string of the molecule is CC.CC(C)C#CCOCCOCCOCCOCCN(C)C. The van der Waals surface area contributed by atoms with E-state index in [1.54, 1.807) is 0 Å². The molecule has 0 amide bonds. The fourth-order valence-corrected chi connectivity index (χ4v) is 1.28. The fourth-order valence-electron chi connectivity index (χ4n) is 1.28. The molecule has 0 rings (SSSR count). The predicted octanol–water partition coefficient (Wildman–Crippen LogP) is 2.30. The maximum atomic E-state index is 5.40. The summed E-state index contributed by atoms with van der Waals surface area (Å²) in [6, 6.07) is 0. The Labute approximate surface area is 143 Å². The van der Waals surface area contributed by atoms with Gasteiger partial charge >= 0.3 is 0 Å². The maximum absolute atomic E-state index is 5.40. The molecule has 0 heterocycles. The number of rotatable bonds is 13. The molecule has 0 fully saturated rings. The molecule has 0 saturated heterocycles. The Balaban J connectivity index is 0. The Morgan fingerprint density at radius 1 is 0.739 bits per heavy atom. The Morgan fingerprint density at radius 3 is 1.61 bits per heavy atom. The molecular weight excluding hydrogens is 294 g/mol. The normalized spacial score (nSPS) is 10.3. The Bertz CT molecular complexity index is 272. The summed E-state index contributed by atoms with van der Waals surface area (Å²) in [7, 11) is 4.05. The Kier molecular flexibility index (Phi) is 22.9. The van der Waals surface area contributed by atoms with Crippen molar-refractivity contribution < 1.29 is 18.9 Å². The van der Waals surface area contributed by atoms with Crippen LogP contribution in [0.1, 0.15) is 27.7 Å². The second-order valence-corrected chi connectivity index (χ2v) is 5.17. The van der Waals surface area contributed by atoms with Gasteiger partial charge in [-0.25, -0.2) is 0 Å². The first-order valence-corrected chi connectivity index (χ1v) is 8.57. The highest BCUT2D eigenvalue weighted by atomic mass is 16.6. The van der Waals surface area contributed by atoms with Gasteiger partial charge in [-0.15, -0.1) is 0 Å². The number of ether oxygens (including phenoxy) is 4. The van der Waals surface area contributed by atoms with E-state index in [2.05, 4.69) is 30.6 Å². The second kappa shape index (κ2) is 21.4. The van der Waals surface area contributed by atoms with Crippen LogP contribution < -0.4 is 0 Å². The Hall–Kier alpha value is -0.640. The third-order valence-corrected chi connectivity index (χ3v) is 2.36. The van der Waals surface area contributed by atoms with E-state index < -0.39 is 0 Å².